The Bertz CT molecular complexity index is 103. The van der Waals surface area contributed by atoms with Crippen molar-refractivity contribution in [3.05, 3.63) is 10.7 Å². The predicted octanol–water partition coefficient (Wildman–Crippen LogP) is 2.92. The molecule has 0 fully saturated rings. The summed E-state index contributed by atoms with van der Waals surface area (Å²) in [4.78, 5) is 3.58. The summed E-state index contributed by atoms with van der Waals surface area (Å²) in [5, 5.41) is 0.406. The molecule has 0 saturated heterocycles. The summed E-state index contributed by atoms with van der Waals surface area (Å²) in [6, 6.07) is 0. The second-order valence-corrected chi connectivity index (χ2v) is 2.60. The summed E-state index contributed by atoms with van der Waals surface area (Å²) >= 11 is 15.7. The lowest BCUT2D eigenvalue weighted by Crippen LogP contribution is -1.69. The molecule has 0 spiro atoms. The van der Waals surface area contributed by atoms with E-state index in [1.54, 1.807) is 6.92 Å². The topological polar surface area (TPSA) is 12.4 Å². The zero-order valence-corrected chi connectivity index (χ0v) is 6.43. The van der Waals surface area contributed by atoms with Gasteiger partial charge in [-0.3, -0.25) is 0 Å². The van der Waals surface area contributed by atoms with E-state index in [1.807, 2.05) is 0 Å². The Morgan fingerprint density at radius 3 is 2.00 bits per heavy atom. The molecule has 0 aromatic carbocycles. The van der Waals surface area contributed by atoms with Gasteiger partial charge in [-0.25, -0.2) is 4.99 Å². The van der Waals surface area contributed by atoms with Gasteiger partial charge in [-0.1, -0.05) is 34.8 Å². The first-order chi connectivity index (χ1) is 3.63. The molecule has 46 valence electrons. The summed E-state index contributed by atoms with van der Waals surface area (Å²) in [7, 11) is 0. The van der Waals surface area contributed by atoms with Gasteiger partial charge in [0.2, 0.25) is 0 Å². The minimum absolute atomic E-state index is 0.102. The standard InChI is InChI=1S/C4H4Cl3N/c1-3(5)8-2-4(6)7/h2H,1H3. The Kier molecular flexibility index (Phi) is 4.33. The van der Waals surface area contributed by atoms with Crippen molar-refractivity contribution in [1.82, 2.24) is 0 Å². The smallest absolute Gasteiger partial charge is 0.125 e. The molecule has 0 atom stereocenters. The van der Waals surface area contributed by atoms with E-state index in [2.05, 4.69) is 4.99 Å². The second-order valence-electron chi connectivity index (χ2n) is 1.04. The van der Waals surface area contributed by atoms with Gasteiger partial charge in [-0.2, -0.15) is 0 Å². The first kappa shape index (κ1) is 8.28. The zero-order valence-electron chi connectivity index (χ0n) is 4.16. The van der Waals surface area contributed by atoms with Crippen molar-refractivity contribution in [3.63, 3.8) is 0 Å². The molecule has 0 bridgehead atoms. The molecule has 0 aliphatic rings. The molecule has 0 saturated carbocycles. The molecule has 0 unspecified atom stereocenters. The van der Waals surface area contributed by atoms with Gasteiger partial charge >= 0.3 is 0 Å². The van der Waals surface area contributed by atoms with Crippen molar-refractivity contribution in [2.24, 2.45) is 4.99 Å². The Morgan fingerprint density at radius 2 is 1.88 bits per heavy atom. The second kappa shape index (κ2) is 4.19. The van der Waals surface area contributed by atoms with Gasteiger partial charge in [0.05, 0.1) is 6.20 Å². The fourth-order valence-electron chi connectivity index (χ4n) is 0.138. The first-order valence-corrected chi connectivity index (χ1v) is 2.97. The Morgan fingerprint density at radius 1 is 1.38 bits per heavy atom. The van der Waals surface area contributed by atoms with Crippen LogP contribution in [0, 0.1) is 0 Å². The minimum atomic E-state index is 0.102. The predicted molar refractivity (Wildman–Crippen MR) is 38.8 cm³/mol. The molecule has 0 radical (unpaired) electrons. The van der Waals surface area contributed by atoms with E-state index in [1.165, 1.54) is 6.20 Å². The molecule has 4 heteroatoms. The van der Waals surface area contributed by atoms with Crippen LogP contribution >= 0.6 is 34.8 Å². The molecule has 0 aromatic rings. The molecule has 0 aliphatic carbocycles. The van der Waals surface area contributed by atoms with Crippen LogP contribution in [0.2, 0.25) is 0 Å². The first-order valence-electron chi connectivity index (χ1n) is 1.84. The average molecular weight is 172 g/mol. The quantitative estimate of drug-likeness (QED) is 0.539. The lowest BCUT2D eigenvalue weighted by Gasteiger charge is -1.78. The molecule has 0 aliphatic heterocycles. The van der Waals surface area contributed by atoms with Crippen molar-refractivity contribution in [2.75, 3.05) is 0 Å². The summed E-state index contributed by atoms with van der Waals surface area (Å²) in [5.41, 5.74) is 0. The molecule has 0 aromatic heterocycles. The maximum absolute atomic E-state index is 5.31. The molecule has 0 heterocycles. The van der Waals surface area contributed by atoms with E-state index in [0.29, 0.717) is 5.17 Å². The number of hydrogen-bond donors (Lipinski definition) is 0. The summed E-state index contributed by atoms with van der Waals surface area (Å²) in [6.45, 7) is 1.63. The third-order valence-electron chi connectivity index (χ3n) is 0.340. The largest absolute Gasteiger partial charge is 0.247 e. The van der Waals surface area contributed by atoms with Gasteiger partial charge in [0.15, 0.2) is 0 Å². The highest BCUT2D eigenvalue weighted by molar-refractivity contribution is 6.65. The van der Waals surface area contributed by atoms with Crippen LogP contribution in [0.4, 0.5) is 0 Å². The van der Waals surface area contributed by atoms with Gasteiger partial charge in [0.1, 0.15) is 9.66 Å². The molecule has 8 heavy (non-hydrogen) atoms. The monoisotopic (exact) mass is 171 g/mol. The number of aliphatic imine (C=N–C) groups is 1. The highest BCUT2D eigenvalue weighted by Crippen LogP contribution is 2.05. The molecule has 0 N–H and O–H groups in total. The van der Waals surface area contributed by atoms with Crippen LogP contribution in [0.15, 0.2) is 15.7 Å². The molecule has 0 rings (SSSR count). The maximum Gasteiger partial charge on any atom is 0.125 e. The molecule has 0 amide bonds. The number of hydrogen-bond acceptors (Lipinski definition) is 1. The minimum Gasteiger partial charge on any atom is -0.247 e. The third kappa shape index (κ3) is 6.28. The van der Waals surface area contributed by atoms with E-state index in [9.17, 15) is 0 Å². The number of halogens is 3. The highest BCUT2D eigenvalue weighted by Gasteiger charge is 1.79. The number of nitrogens with zero attached hydrogens (tertiary/aromatic N) is 1. The van der Waals surface area contributed by atoms with Crippen molar-refractivity contribution >= 4 is 40.0 Å². The van der Waals surface area contributed by atoms with E-state index >= 15 is 0 Å². The maximum atomic E-state index is 5.31. The van der Waals surface area contributed by atoms with Crippen LogP contribution in [-0.4, -0.2) is 5.17 Å². The molecule has 1 nitrogen and oxygen atoms in total. The SMILES string of the molecule is CC(Cl)=NC=C(Cl)Cl. The Labute approximate surface area is 62.9 Å². The van der Waals surface area contributed by atoms with Crippen molar-refractivity contribution in [2.45, 2.75) is 6.92 Å². The summed E-state index contributed by atoms with van der Waals surface area (Å²) in [6.07, 6.45) is 1.27. The van der Waals surface area contributed by atoms with E-state index in [4.69, 9.17) is 34.8 Å². The summed E-state index contributed by atoms with van der Waals surface area (Å²) in [5.74, 6) is 0. The van der Waals surface area contributed by atoms with Crippen LogP contribution in [0.25, 0.3) is 0 Å². The van der Waals surface area contributed by atoms with Crippen LogP contribution < -0.4 is 0 Å². The number of rotatable bonds is 1. The van der Waals surface area contributed by atoms with Gasteiger partial charge in [0, 0.05) is 0 Å². The molecular weight excluding hydrogens is 168 g/mol. The van der Waals surface area contributed by atoms with Gasteiger partial charge in [-0.05, 0) is 6.92 Å². The van der Waals surface area contributed by atoms with Crippen LogP contribution in [0.5, 0.6) is 0 Å². The normalized spacial score (nSPS) is 11.2. The van der Waals surface area contributed by atoms with E-state index in [-0.39, 0.29) is 4.49 Å². The van der Waals surface area contributed by atoms with Gasteiger partial charge in [-0.15, -0.1) is 0 Å². The van der Waals surface area contributed by atoms with Gasteiger partial charge in [0.25, 0.3) is 0 Å². The lowest BCUT2D eigenvalue weighted by molar-refractivity contribution is 1.57. The summed E-state index contributed by atoms with van der Waals surface area (Å²) < 4.78 is 0.102. The Balaban J connectivity index is 3.76. The fourth-order valence-corrected chi connectivity index (χ4v) is 0.284. The zero-order chi connectivity index (χ0) is 6.57. The van der Waals surface area contributed by atoms with E-state index < -0.39 is 0 Å². The lowest BCUT2D eigenvalue weighted by atomic mass is 10.8. The molecular formula is C4H4Cl3N. The highest BCUT2D eigenvalue weighted by atomic mass is 35.5. The fraction of sp³-hybridized carbons (Fsp3) is 0.250. The van der Waals surface area contributed by atoms with Crippen LogP contribution in [0.3, 0.4) is 0 Å². The Hall–Kier alpha value is 0.280. The van der Waals surface area contributed by atoms with E-state index in [0.717, 1.165) is 0 Å². The van der Waals surface area contributed by atoms with Gasteiger partial charge < -0.3 is 0 Å². The van der Waals surface area contributed by atoms with Crippen molar-refractivity contribution < 1.29 is 0 Å². The third-order valence-corrected chi connectivity index (χ3v) is 0.633. The van der Waals surface area contributed by atoms with Crippen molar-refractivity contribution in [3.8, 4) is 0 Å². The van der Waals surface area contributed by atoms with Crippen LogP contribution in [0.1, 0.15) is 6.92 Å². The average Bonchev–Trinajstić information content (AvgIpc) is 1.61. The van der Waals surface area contributed by atoms with Crippen molar-refractivity contribution in [1.29, 1.82) is 0 Å². The van der Waals surface area contributed by atoms with Crippen LogP contribution in [-0.2, 0) is 0 Å².